The predicted octanol–water partition coefficient (Wildman–Crippen LogP) is 3.40. The van der Waals surface area contributed by atoms with Crippen LogP contribution in [0.1, 0.15) is 23.8 Å². The molecule has 0 aromatic carbocycles. The highest BCUT2D eigenvalue weighted by Crippen LogP contribution is 2.42. The van der Waals surface area contributed by atoms with E-state index in [1.54, 1.807) is 17.7 Å². The summed E-state index contributed by atoms with van der Waals surface area (Å²) in [6, 6.07) is 0. The summed E-state index contributed by atoms with van der Waals surface area (Å²) in [5, 5.41) is 10.4. The van der Waals surface area contributed by atoms with Crippen LogP contribution in [0.25, 0.3) is 10.2 Å². The molecule has 1 aliphatic carbocycles. The summed E-state index contributed by atoms with van der Waals surface area (Å²) in [5.41, 5.74) is 6.58. The summed E-state index contributed by atoms with van der Waals surface area (Å²) in [7, 11) is 0. The minimum atomic E-state index is -0.356. The van der Waals surface area contributed by atoms with Crippen LogP contribution in [0.3, 0.4) is 0 Å². The lowest BCUT2D eigenvalue weighted by atomic mass is 9.89. The fourth-order valence-corrected chi connectivity index (χ4v) is 7.04. The van der Waals surface area contributed by atoms with E-state index in [1.165, 1.54) is 57.1 Å². The number of carbonyl (C=O) groups excluding carboxylic acids is 1. The topological polar surface area (TPSA) is 94.7 Å². The van der Waals surface area contributed by atoms with E-state index >= 15 is 0 Å². The van der Waals surface area contributed by atoms with Crippen LogP contribution >= 0.6 is 46.2 Å². The molecule has 0 radical (unpaired) electrons. The maximum atomic E-state index is 10.9. The minimum Gasteiger partial charge on any atom is -0.369 e. The molecule has 130 valence electrons. The number of hydrogen-bond donors (Lipinski definition) is 1. The molecule has 0 aliphatic heterocycles. The van der Waals surface area contributed by atoms with Crippen LogP contribution in [0.4, 0.5) is 0 Å². The number of amides is 1. The highest BCUT2D eigenvalue weighted by atomic mass is 32.2. The number of thioether (sulfide) groups is 1. The number of nitrogens with two attached hydrogens (primary N) is 1. The van der Waals surface area contributed by atoms with Crippen molar-refractivity contribution >= 4 is 62.3 Å². The zero-order valence-corrected chi connectivity index (χ0v) is 16.7. The standard InChI is InChI=1S/C15H15N5OS4/c1-7-2-3-8-9(4-7)23-12-11(8)13(18-6-17-12)24-15-20-19-14(25-15)22-5-10(16)21/h6-7H,2-5H2,1H3,(H2,16,21)/t7-/m0/s1. The maximum Gasteiger partial charge on any atom is 0.227 e. The van der Waals surface area contributed by atoms with Crippen molar-refractivity contribution < 1.29 is 4.79 Å². The minimum absolute atomic E-state index is 0.216. The van der Waals surface area contributed by atoms with E-state index in [0.717, 1.165) is 37.3 Å². The molecule has 25 heavy (non-hydrogen) atoms. The molecule has 3 aromatic rings. The number of fused-ring (bicyclic) bond motifs is 3. The van der Waals surface area contributed by atoms with Crippen LogP contribution in [0.2, 0.25) is 0 Å². The molecule has 1 aliphatic rings. The van der Waals surface area contributed by atoms with Gasteiger partial charge in [0.05, 0.1) is 5.75 Å². The Kier molecular flexibility index (Phi) is 4.94. The van der Waals surface area contributed by atoms with Gasteiger partial charge in [-0.3, -0.25) is 4.79 Å². The molecule has 0 spiro atoms. The van der Waals surface area contributed by atoms with E-state index in [4.69, 9.17) is 5.73 Å². The lowest BCUT2D eigenvalue weighted by molar-refractivity contribution is -0.115. The Morgan fingerprint density at radius 1 is 1.32 bits per heavy atom. The number of primary amides is 1. The lowest BCUT2D eigenvalue weighted by Gasteiger charge is -2.17. The molecule has 10 heteroatoms. The van der Waals surface area contributed by atoms with Gasteiger partial charge < -0.3 is 5.73 Å². The first-order valence-corrected chi connectivity index (χ1v) is 11.2. The molecule has 3 aromatic heterocycles. The zero-order valence-electron chi connectivity index (χ0n) is 13.4. The second kappa shape index (κ2) is 7.18. The summed E-state index contributed by atoms with van der Waals surface area (Å²) in [4.78, 5) is 22.4. The molecule has 0 saturated heterocycles. The van der Waals surface area contributed by atoms with Crippen LogP contribution in [-0.2, 0) is 17.6 Å². The molecule has 0 fully saturated rings. The molecule has 0 unspecified atom stereocenters. The van der Waals surface area contributed by atoms with Gasteiger partial charge in [0.2, 0.25) is 5.91 Å². The Morgan fingerprint density at radius 2 is 2.16 bits per heavy atom. The van der Waals surface area contributed by atoms with Crippen LogP contribution < -0.4 is 5.73 Å². The molecular weight excluding hydrogens is 394 g/mol. The van der Waals surface area contributed by atoms with E-state index in [2.05, 4.69) is 27.1 Å². The van der Waals surface area contributed by atoms with Crippen molar-refractivity contribution in [1.29, 1.82) is 0 Å². The summed E-state index contributed by atoms with van der Waals surface area (Å²) in [6.45, 7) is 2.31. The van der Waals surface area contributed by atoms with Gasteiger partial charge in [-0.2, -0.15) is 0 Å². The normalized spacial score (nSPS) is 16.9. The highest BCUT2D eigenvalue weighted by Gasteiger charge is 2.23. The average Bonchev–Trinajstić information content (AvgIpc) is 3.16. The van der Waals surface area contributed by atoms with Crippen molar-refractivity contribution in [3.8, 4) is 0 Å². The quantitative estimate of drug-likeness (QED) is 0.510. The average molecular weight is 410 g/mol. The van der Waals surface area contributed by atoms with Gasteiger partial charge in [0.15, 0.2) is 8.68 Å². The SMILES string of the molecule is C[C@H]1CCc2c(sc3ncnc(Sc4nnc(SCC(N)=O)s4)c23)C1. The van der Waals surface area contributed by atoms with E-state index in [0.29, 0.717) is 0 Å². The van der Waals surface area contributed by atoms with Gasteiger partial charge in [0.1, 0.15) is 16.2 Å². The third-order valence-corrected chi connectivity index (χ3v) is 8.26. The first-order chi connectivity index (χ1) is 12.1. The number of rotatable bonds is 5. The van der Waals surface area contributed by atoms with Crippen LogP contribution in [-0.4, -0.2) is 31.8 Å². The largest absolute Gasteiger partial charge is 0.369 e. The van der Waals surface area contributed by atoms with Gasteiger partial charge in [0.25, 0.3) is 0 Å². The van der Waals surface area contributed by atoms with Crippen molar-refractivity contribution in [2.45, 2.75) is 39.9 Å². The number of thiophene rings is 1. The monoisotopic (exact) mass is 409 g/mol. The number of hydrogen-bond acceptors (Lipinski definition) is 9. The van der Waals surface area contributed by atoms with Crippen LogP contribution in [0, 0.1) is 5.92 Å². The molecule has 1 amide bonds. The van der Waals surface area contributed by atoms with E-state index in [9.17, 15) is 4.79 Å². The van der Waals surface area contributed by atoms with Crippen molar-refractivity contribution in [3.63, 3.8) is 0 Å². The van der Waals surface area contributed by atoms with Gasteiger partial charge in [-0.25, -0.2) is 9.97 Å². The molecule has 2 N–H and O–H groups in total. The Morgan fingerprint density at radius 3 is 3.00 bits per heavy atom. The fraction of sp³-hybridized carbons (Fsp3) is 0.400. The number of nitrogens with zero attached hydrogens (tertiary/aromatic N) is 4. The molecule has 3 heterocycles. The molecule has 4 rings (SSSR count). The van der Waals surface area contributed by atoms with Crippen molar-refractivity contribution in [2.24, 2.45) is 11.7 Å². The lowest BCUT2D eigenvalue weighted by Crippen LogP contribution is -2.12. The second-order valence-electron chi connectivity index (χ2n) is 5.90. The van der Waals surface area contributed by atoms with Gasteiger partial charge in [-0.05, 0) is 42.5 Å². The van der Waals surface area contributed by atoms with Gasteiger partial charge in [-0.15, -0.1) is 21.5 Å². The first-order valence-electron chi connectivity index (χ1n) is 7.78. The Hall–Kier alpha value is -1.23. The van der Waals surface area contributed by atoms with Crippen LogP contribution in [0.15, 0.2) is 20.0 Å². The van der Waals surface area contributed by atoms with Gasteiger partial charge in [-0.1, -0.05) is 30.0 Å². The fourth-order valence-electron chi connectivity index (χ4n) is 2.84. The Labute approximate surface area is 161 Å². The smallest absolute Gasteiger partial charge is 0.227 e. The van der Waals surface area contributed by atoms with Gasteiger partial charge >= 0.3 is 0 Å². The Bertz CT molecular complexity index is 937. The van der Waals surface area contributed by atoms with Crippen molar-refractivity contribution in [1.82, 2.24) is 20.2 Å². The van der Waals surface area contributed by atoms with Crippen LogP contribution in [0.5, 0.6) is 0 Å². The van der Waals surface area contributed by atoms with Crippen molar-refractivity contribution in [2.75, 3.05) is 5.75 Å². The third-order valence-electron chi connectivity index (χ3n) is 3.97. The molecule has 1 atom stereocenters. The Balaban J connectivity index is 1.63. The van der Waals surface area contributed by atoms with Gasteiger partial charge in [0, 0.05) is 10.3 Å². The summed E-state index contributed by atoms with van der Waals surface area (Å²) < 4.78 is 1.56. The molecule has 0 saturated carbocycles. The summed E-state index contributed by atoms with van der Waals surface area (Å²) >= 11 is 6.09. The van der Waals surface area contributed by atoms with Crippen molar-refractivity contribution in [3.05, 3.63) is 16.8 Å². The second-order valence-corrected chi connectivity index (χ2v) is 10.4. The predicted molar refractivity (Wildman–Crippen MR) is 103 cm³/mol. The summed E-state index contributed by atoms with van der Waals surface area (Å²) in [6.07, 6.45) is 5.06. The summed E-state index contributed by atoms with van der Waals surface area (Å²) in [5.74, 6) is 0.594. The maximum absolute atomic E-state index is 10.9. The van der Waals surface area contributed by atoms with E-state index in [1.807, 2.05) is 0 Å². The highest BCUT2D eigenvalue weighted by molar-refractivity contribution is 8.03. The molecular formula is C15H15N5OS4. The first kappa shape index (κ1) is 17.2. The number of aryl methyl sites for hydroxylation is 1. The van der Waals surface area contributed by atoms with E-state index in [-0.39, 0.29) is 11.7 Å². The molecule has 0 bridgehead atoms. The third kappa shape index (κ3) is 3.67. The number of aromatic nitrogens is 4. The zero-order chi connectivity index (χ0) is 17.4. The molecule has 6 nitrogen and oxygen atoms in total. The van der Waals surface area contributed by atoms with E-state index < -0.39 is 0 Å². The number of carbonyl (C=O) groups is 1.